The molecule has 13 heavy (non-hydrogen) atoms. The van der Waals surface area contributed by atoms with Gasteiger partial charge in [0.1, 0.15) is 0 Å². The summed E-state index contributed by atoms with van der Waals surface area (Å²) in [5.41, 5.74) is 13.1. The van der Waals surface area contributed by atoms with E-state index in [1.165, 1.54) is 12.8 Å². The van der Waals surface area contributed by atoms with E-state index in [1.54, 1.807) is 0 Å². The van der Waals surface area contributed by atoms with E-state index in [-0.39, 0.29) is 0 Å². The number of nitrogen functional groups attached to an aromatic ring is 1. The Balaban J connectivity index is 2.25. The maximum atomic E-state index is 5.59. The standard InChI is InChI=1S/C9H14N4/c10-4-3-7-5-8(6-1-2-6)13-9(11)12-7/h5-6H,1-4,10H2,(H2,11,12,13). The minimum absolute atomic E-state index is 0.382. The highest BCUT2D eigenvalue weighted by Crippen LogP contribution is 2.39. The average Bonchev–Trinajstić information content (AvgIpc) is 2.85. The van der Waals surface area contributed by atoms with Gasteiger partial charge in [-0.2, -0.15) is 0 Å². The predicted octanol–water partition coefficient (Wildman–Crippen LogP) is 0.437. The number of hydrogen-bond donors (Lipinski definition) is 2. The Kier molecular flexibility index (Phi) is 2.14. The van der Waals surface area contributed by atoms with Gasteiger partial charge < -0.3 is 11.5 Å². The van der Waals surface area contributed by atoms with Crippen molar-refractivity contribution >= 4 is 5.95 Å². The third-order valence-electron chi connectivity index (χ3n) is 2.21. The number of anilines is 1. The Morgan fingerprint density at radius 1 is 1.38 bits per heavy atom. The molecular formula is C9H14N4. The van der Waals surface area contributed by atoms with E-state index in [2.05, 4.69) is 9.97 Å². The molecule has 0 bridgehead atoms. The third-order valence-corrected chi connectivity index (χ3v) is 2.21. The molecule has 1 fully saturated rings. The van der Waals surface area contributed by atoms with Crippen LogP contribution >= 0.6 is 0 Å². The largest absolute Gasteiger partial charge is 0.368 e. The minimum atomic E-state index is 0.382. The second-order valence-corrected chi connectivity index (χ2v) is 3.46. The zero-order valence-electron chi connectivity index (χ0n) is 7.53. The summed E-state index contributed by atoms with van der Waals surface area (Å²) in [6, 6.07) is 2.03. The first-order valence-electron chi connectivity index (χ1n) is 4.63. The number of hydrogen-bond acceptors (Lipinski definition) is 4. The molecule has 70 valence electrons. The molecule has 0 atom stereocenters. The highest BCUT2D eigenvalue weighted by Gasteiger charge is 2.25. The van der Waals surface area contributed by atoms with Crippen LogP contribution in [0, 0.1) is 0 Å². The molecule has 0 amide bonds. The first-order valence-corrected chi connectivity index (χ1v) is 4.63. The first-order chi connectivity index (χ1) is 6.29. The number of nitrogens with two attached hydrogens (primary N) is 2. The van der Waals surface area contributed by atoms with Gasteiger partial charge in [-0.1, -0.05) is 0 Å². The first kappa shape index (κ1) is 8.44. The van der Waals surface area contributed by atoms with Gasteiger partial charge in [-0.05, 0) is 25.5 Å². The van der Waals surface area contributed by atoms with E-state index < -0.39 is 0 Å². The fourth-order valence-corrected chi connectivity index (χ4v) is 1.40. The molecule has 4 heteroatoms. The minimum Gasteiger partial charge on any atom is -0.368 e. The quantitative estimate of drug-likeness (QED) is 0.704. The van der Waals surface area contributed by atoms with Crippen molar-refractivity contribution in [1.82, 2.24) is 9.97 Å². The lowest BCUT2D eigenvalue weighted by atomic mass is 10.2. The molecule has 1 heterocycles. The highest BCUT2D eigenvalue weighted by atomic mass is 15.0. The van der Waals surface area contributed by atoms with Crippen molar-refractivity contribution in [2.45, 2.75) is 25.2 Å². The van der Waals surface area contributed by atoms with Crippen LogP contribution in [-0.4, -0.2) is 16.5 Å². The average molecular weight is 178 g/mol. The van der Waals surface area contributed by atoms with Crippen LogP contribution < -0.4 is 11.5 Å². The molecule has 0 aliphatic heterocycles. The molecular weight excluding hydrogens is 164 g/mol. The lowest BCUT2D eigenvalue weighted by molar-refractivity contribution is 0.889. The van der Waals surface area contributed by atoms with Crippen LogP contribution in [0.25, 0.3) is 0 Å². The van der Waals surface area contributed by atoms with Gasteiger partial charge >= 0.3 is 0 Å². The van der Waals surface area contributed by atoms with Crippen LogP contribution in [0.4, 0.5) is 5.95 Å². The molecule has 2 rings (SSSR count). The second-order valence-electron chi connectivity index (χ2n) is 3.46. The van der Waals surface area contributed by atoms with Gasteiger partial charge in [0.25, 0.3) is 0 Å². The van der Waals surface area contributed by atoms with Gasteiger partial charge in [0.05, 0.1) is 0 Å². The topological polar surface area (TPSA) is 77.8 Å². The highest BCUT2D eigenvalue weighted by molar-refractivity contribution is 5.26. The van der Waals surface area contributed by atoms with E-state index >= 15 is 0 Å². The van der Waals surface area contributed by atoms with E-state index in [0.717, 1.165) is 17.8 Å². The van der Waals surface area contributed by atoms with Crippen molar-refractivity contribution < 1.29 is 0 Å². The van der Waals surface area contributed by atoms with Gasteiger partial charge in [-0.15, -0.1) is 0 Å². The maximum absolute atomic E-state index is 5.59. The number of nitrogens with zero attached hydrogens (tertiary/aromatic N) is 2. The monoisotopic (exact) mass is 178 g/mol. The molecule has 1 aromatic heterocycles. The van der Waals surface area contributed by atoms with Gasteiger partial charge in [-0.3, -0.25) is 0 Å². The van der Waals surface area contributed by atoms with E-state index in [1.807, 2.05) is 6.07 Å². The molecule has 4 N–H and O–H groups in total. The van der Waals surface area contributed by atoms with E-state index in [4.69, 9.17) is 11.5 Å². The molecule has 0 radical (unpaired) electrons. The Bertz CT molecular complexity index is 306. The Labute approximate surface area is 77.4 Å². The van der Waals surface area contributed by atoms with Crippen molar-refractivity contribution in [3.8, 4) is 0 Å². The molecule has 1 aliphatic rings. The van der Waals surface area contributed by atoms with Crippen LogP contribution in [0.2, 0.25) is 0 Å². The van der Waals surface area contributed by atoms with Gasteiger partial charge in [0, 0.05) is 23.7 Å². The normalized spacial score (nSPS) is 16.1. The van der Waals surface area contributed by atoms with Crippen molar-refractivity contribution in [1.29, 1.82) is 0 Å². The van der Waals surface area contributed by atoms with Gasteiger partial charge in [-0.25, -0.2) is 9.97 Å². The van der Waals surface area contributed by atoms with Crippen LogP contribution in [-0.2, 0) is 6.42 Å². The van der Waals surface area contributed by atoms with Crippen LogP contribution in [0.15, 0.2) is 6.07 Å². The van der Waals surface area contributed by atoms with E-state index in [0.29, 0.717) is 18.4 Å². The van der Waals surface area contributed by atoms with Crippen LogP contribution in [0.5, 0.6) is 0 Å². The Morgan fingerprint density at radius 2 is 2.15 bits per heavy atom. The zero-order valence-corrected chi connectivity index (χ0v) is 7.53. The zero-order chi connectivity index (χ0) is 9.26. The second kappa shape index (κ2) is 3.30. The third kappa shape index (κ3) is 1.95. The van der Waals surface area contributed by atoms with Crippen molar-refractivity contribution in [3.05, 3.63) is 17.5 Å². The molecule has 1 aromatic rings. The summed E-state index contributed by atoms with van der Waals surface area (Å²) in [4.78, 5) is 8.32. The van der Waals surface area contributed by atoms with Crippen LogP contribution in [0.1, 0.15) is 30.1 Å². The summed E-state index contributed by atoms with van der Waals surface area (Å²) >= 11 is 0. The summed E-state index contributed by atoms with van der Waals surface area (Å²) in [5.74, 6) is 1.01. The summed E-state index contributed by atoms with van der Waals surface area (Å²) in [6.07, 6.45) is 3.25. The molecule has 1 aliphatic carbocycles. The Hall–Kier alpha value is -1.16. The Morgan fingerprint density at radius 3 is 2.77 bits per heavy atom. The number of rotatable bonds is 3. The van der Waals surface area contributed by atoms with Gasteiger partial charge in [0.2, 0.25) is 5.95 Å². The fraction of sp³-hybridized carbons (Fsp3) is 0.556. The number of aromatic nitrogens is 2. The summed E-state index contributed by atoms with van der Waals surface area (Å²) in [6.45, 7) is 0.612. The lowest BCUT2D eigenvalue weighted by Crippen LogP contribution is -2.08. The van der Waals surface area contributed by atoms with E-state index in [9.17, 15) is 0 Å². The molecule has 0 aromatic carbocycles. The smallest absolute Gasteiger partial charge is 0.220 e. The summed E-state index contributed by atoms with van der Waals surface area (Å²) in [7, 11) is 0. The van der Waals surface area contributed by atoms with Crippen molar-refractivity contribution in [2.24, 2.45) is 5.73 Å². The molecule has 0 saturated heterocycles. The molecule has 1 saturated carbocycles. The summed E-state index contributed by atoms with van der Waals surface area (Å²) < 4.78 is 0. The van der Waals surface area contributed by atoms with Crippen molar-refractivity contribution in [2.75, 3.05) is 12.3 Å². The van der Waals surface area contributed by atoms with Gasteiger partial charge in [0.15, 0.2) is 0 Å². The van der Waals surface area contributed by atoms with Crippen LogP contribution in [0.3, 0.4) is 0 Å². The van der Waals surface area contributed by atoms with Crippen molar-refractivity contribution in [3.63, 3.8) is 0 Å². The molecule has 0 spiro atoms. The molecule has 4 nitrogen and oxygen atoms in total. The predicted molar refractivity (Wildman–Crippen MR) is 51.2 cm³/mol. The summed E-state index contributed by atoms with van der Waals surface area (Å²) in [5, 5.41) is 0. The lowest BCUT2D eigenvalue weighted by Gasteiger charge is -2.03. The SMILES string of the molecule is NCCc1cc(C2CC2)nc(N)n1. The molecule has 0 unspecified atom stereocenters. The maximum Gasteiger partial charge on any atom is 0.220 e. The fourth-order valence-electron chi connectivity index (χ4n) is 1.40.